The summed E-state index contributed by atoms with van der Waals surface area (Å²) in [5.74, 6) is 0.601. The van der Waals surface area contributed by atoms with Crippen LogP contribution in [0.5, 0.6) is 0 Å². The number of carbonyl (C=O) groups excluding carboxylic acids is 1. The first-order chi connectivity index (χ1) is 7.13. The van der Waals surface area contributed by atoms with Crippen LogP contribution in [0.2, 0.25) is 0 Å². The maximum Gasteiger partial charge on any atom is 0.159 e. The summed E-state index contributed by atoms with van der Waals surface area (Å²) in [4.78, 5) is 11.3. The highest BCUT2D eigenvalue weighted by Gasteiger charge is 2.19. The molecule has 1 nitrogen and oxygen atoms in total. The van der Waals surface area contributed by atoms with Crippen LogP contribution in [0.3, 0.4) is 0 Å². The maximum atomic E-state index is 11.3. The van der Waals surface area contributed by atoms with Gasteiger partial charge in [-0.1, -0.05) is 32.1 Å². The van der Waals surface area contributed by atoms with Crippen molar-refractivity contribution >= 4 is 11.4 Å². The molecule has 0 radical (unpaired) electrons. The zero-order chi connectivity index (χ0) is 11.0. The second kappa shape index (κ2) is 3.65. The van der Waals surface area contributed by atoms with Gasteiger partial charge in [-0.05, 0) is 36.1 Å². The fraction of sp³-hybridized carbons (Fsp3) is 0.357. The van der Waals surface area contributed by atoms with Crippen molar-refractivity contribution in [3.05, 3.63) is 41.0 Å². The van der Waals surface area contributed by atoms with Gasteiger partial charge in [0, 0.05) is 11.5 Å². The number of carbonyl (C=O) groups is 1. The second-order valence-corrected chi connectivity index (χ2v) is 4.19. The van der Waals surface area contributed by atoms with Crippen LogP contribution in [0.1, 0.15) is 54.6 Å². The minimum absolute atomic E-state index is 0.148. The van der Waals surface area contributed by atoms with Gasteiger partial charge in [-0.3, -0.25) is 4.79 Å². The average molecular weight is 200 g/mol. The molecule has 1 atom stereocenters. The van der Waals surface area contributed by atoms with Gasteiger partial charge in [-0.25, -0.2) is 0 Å². The molecule has 1 aliphatic rings. The Hall–Kier alpha value is -1.37. The standard InChI is InChI=1S/C14H16O/c1-4-11-7-9(2)14-8-12(10(3)15)5-6-13(11)14/h5-9H,4H2,1-3H3. The number of hydrogen-bond donors (Lipinski definition) is 0. The van der Waals surface area contributed by atoms with Crippen LogP contribution in [0.15, 0.2) is 24.3 Å². The predicted molar refractivity (Wildman–Crippen MR) is 63.1 cm³/mol. The molecule has 78 valence electrons. The van der Waals surface area contributed by atoms with E-state index in [0.717, 1.165) is 12.0 Å². The molecule has 0 aliphatic heterocycles. The molecule has 0 heterocycles. The van der Waals surface area contributed by atoms with Gasteiger partial charge in [-0.2, -0.15) is 0 Å². The summed E-state index contributed by atoms with van der Waals surface area (Å²) in [5, 5.41) is 0. The average Bonchev–Trinajstić information content (AvgIpc) is 2.55. The summed E-state index contributed by atoms with van der Waals surface area (Å²) in [5.41, 5.74) is 4.87. The minimum Gasteiger partial charge on any atom is -0.295 e. The molecule has 0 N–H and O–H groups in total. The van der Waals surface area contributed by atoms with Gasteiger partial charge in [0.15, 0.2) is 5.78 Å². The zero-order valence-electron chi connectivity index (χ0n) is 9.50. The highest BCUT2D eigenvalue weighted by atomic mass is 16.1. The summed E-state index contributed by atoms with van der Waals surface area (Å²) in [6.45, 7) is 5.98. The van der Waals surface area contributed by atoms with Gasteiger partial charge in [0.2, 0.25) is 0 Å². The van der Waals surface area contributed by atoms with Gasteiger partial charge < -0.3 is 0 Å². The molecule has 1 aliphatic carbocycles. The van der Waals surface area contributed by atoms with Crippen molar-refractivity contribution in [2.75, 3.05) is 0 Å². The third-order valence-corrected chi connectivity index (χ3v) is 3.13. The molecule has 0 spiro atoms. The van der Waals surface area contributed by atoms with Gasteiger partial charge in [0.05, 0.1) is 0 Å². The normalized spacial score (nSPS) is 18.6. The number of fused-ring (bicyclic) bond motifs is 1. The van der Waals surface area contributed by atoms with Crippen molar-refractivity contribution < 1.29 is 4.79 Å². The lowest BCUT2D eigenvalue weighted by atomic mass is 9.97. The molecule has 0 fully saturated rings. The number of benzene rings is 1. The quantitative estimate of drug-likeness (QED) is 0.664. The minimum atomic E-state index is 0.148. The second-order valence-electron chi connectivity index (χ2n) is 4.19. The van der Waals surface area contributed by atoms with Gasteiger partial charge in [0.1, 0.15) is 0 Å². The predicted octanol–water partition coefficient (Wildman–Crippen LogP) is 3.80. The Morgan fingerprint density at radius 2 is 2.13 bits per heavy atom. The Morgan fingerprint density at radius 3 is 2.73 bits per heavy atom. The Morgan fingerprint density at radius 1 is 1.40 bits per heavy atom. The molecule has 0 saturated carbocycles. The fourth-order valence-electron chi connectivity index (χ4n) is 2.24. The Kier molecular flexibility index (Phi) is 2.47. The van der Waals surface area contributed by atoms with E-state index in [2.05, 4.69) is 26.0 Å². The van der Waals surface area contributed by atoms with Crippen LogP contribution in [0.4, 0.5) is 0 Å². The number of allylic oxidation sites excluding steroid dienone is 2. The fourth-order valence-corrected chi connectivity index (χ4v) is 2.24. The molecule has 1 unspecified atom stereocenters. The lowest BCUT2D eigenvalue weighted by Gasteiger charge is -2.07. The summed E-state index contributed by atoms with van der Waals surface area (Å²) in [7, 11) is 0. The van der Waals surface area contributed by atoms with E-state index in [1.165, 1.54) is 16.7 Å². The van der Waals surface area contributed by atoms with Gasteiger partial charge in [-0.15, -0.1) is 0 Å². The lowest BCUT2D eigenvalue weighted by molar-refractivity contribution is 0.101. The first-order valence-corrected chi connectivity index (χ1v) is 5.49. The molecule has 1 aromatic carbocycles. The third kappa shape index (κ3) is 1.63. The third-order valence-electron chi connectivity index (χ3n) is 3.13. The summed E-state index contributed by atoms with van der Waals surface area (Å²) >= 11 is 0. The number of rotatable bonds is 2. The van der Waals surface area contributed by atoms with E-state index >= 15 is 0 Å². The van der Waals surface area contributed by atoms with Crippen molar-refractivity contribution in [3.8, 4) is 0 Å². The Bertz CT molecular complexity index is 441. The van der Waals surface area contributed by atoms with E-state index in [4.69, 9.17) is 0 Å². The molecule has 0 bridgehead atoms. The molecular weight excluding hydrogens is 184 g/mol. The molecule has 15 heavy (non-hydrogen) atoms. The summed E-state index contributed by atoms with van der Waals surface area (Å²) in [6.07, 6.45) is 3.37. The van der Waals surface area contributed by atoms with Crippen molar-refractivity contribution in [1.82, 2.24) is 0 Å². The first kappa shape index (κ1) is 10.2. The van der Waals surface area contributed by atoms with E-state index in [1.807, 2.05) is 12.1 Å². The first-order valence-electron chi connectivity index (χ1n) is 5.49. The smallest absolute Gasteiger partial charge is 0.159 e. The number of hydrogen-bond acceptors (Lipinski definition) is 1. The largest absolute Gasteiger partial charge is 0.295 e. The van der Waals surface area contributed by atoms with Crippen molar-refractivity contribution in [2.45, 2.75) is 33.1 Å². The number of ketones is 1. The van der Waals surface area contributed by atoms with E-state index < -0.39 is 0 Å². The van der Waals surface area contributed by atoms with Crippen LogP contribution in [0.25, 0.3) is 5.57 Å². The van der Waals surface area contributed by atoms with Crippen LogP contribution in [-0.4, -0.2) is 5.78 Å². The molecular formula is C14H16O. The Labute approximate surface area is 90.8 Å². The van der Waals surface area contributed by atoms with E-state index in [0.29, 0.717) is 5.92 Å². The maximum absolute atomic E-state index is 11.3. The van der Waals surface area contributed by atoms with Crippen molar-refractivity contribution in [3.63, 3.8) is 0 Å². The van der Waals surface area contributed by atoms with Gasteiger partial charge >= 0.3 is 0 Å². The van der Waals surface area contributed by atoms with Crippen LogP contribution in [-0.2, 0) is 0 Å². The molecule has 0 saturated heterocycles. The topological polar surface area (TPSA) is 17.1 Å². The Balaban J connectivity index is 2.50. The number of Topliss-reactive ketones (excluding diaryl/α,β-unsaturated/α-hetero) is 1. The summed E-state index contributed by atoms with van der Waals surface area (Å²) < 4.78 is 0. The van der Waals surface area contributed by atoms with Crippen LogP contribution in [0, 0.1) is 0 Å². The van der Waals surface area contributed by atoms with Crippen LogP contribution >= 0.6 is 0 Å². The van der Waals surface area contributed by atoms with E-state index in [9.17, 15) is 4.79 Å². The van der Waals surface area contributed by atoms with E-state index in [-0.39, 0.29) is 5.78 Å². The highest BCUT2D eigenvalue weighted by molar-refractivity contribution is 5.95. The van der Waals surface area contributed by atoms with Crippen molar-refractivity contribution in [2.24, 2.45) is 0 Å². The molecule has 0 amide bonds. The SMILES string of the molecule is CCC1=CC(C)c2cc(C(C)=O)ccc21. The molecule has 2 rings (SSSR count). The monoisotopic (exact) mass is 200 g/mol. The molecule has 1 aromatic rings. The molecule has 1 heteroatoms. The van der Waals surface area contributed by atoms with E-state index in [1.54, 1.807) is 6.92 Å². The van der Waals surface area contributed by atoms with Crippen molar-refractivity contribution in [1.29, 1.82) is 0 Å². The molecule has 0 aromatic heterocycles. The summed E-state index contributed by atoms with van der Waals surface area (Å²) in [6, 6.07) is 6.06. The highest BCUT2D eigenvalue weighted by Crippen LogP contribution is 2.37. The van der Waals surface area contributed by atoms with Gasteiger partial charge in [0.25, 0.3) is 0 Å². The lowest BCUT2D eigenvalue weighted by Crippen LogP contribution is -1.96. The van der Waals surface area contributed by atoms with Crippen LogP contribution < -0.4 is 0 Å². The zero-order valence-corrected chi connectivity index (χ0v) is 9.50.